The lowest BCUT2D eigenvalue weighted by Gasteiger charge is -2.58. The number of piperazine rings is 1. The quantitative estimate of drug-likeness (QED) is 0.777. The molecule has 2 bridgehead atoms. The molecule has 5 heteroatoms. The minimum atomic E-state index is -2.98. The van der Waals surface area contributed by atoms with Crippen LogP contribution in [0.4, 0.5) is 0 Å². The van der Waals surface area contributed by atoms with Crippen LogP contribution in [-0.4, -0.2) is 54.1 Å². The second-order valence-electron chi connectivity index (χ2n) is 7.17. The van der Waals surface area contributed by atoms with Gasteiger partial charge in [0.25, 0.3) is 0 Å². The normalized spacial score (nSPS) is 34.4. The molecular formula is C13H24N2O2S. The number of hydrogen-bond donors (Lipinski definition) is 0. The average molecular weight is 272 g/mol. The van der Waals surface area contributed by atoms with Gasteiger partial charge in [0, 0.05) is 30.7 Å². The number of piperidine rings is 1. The summed E-state index contributed by atoms with van der Waals surface area (Å²) in [5.41, 5.74) is 0.156. The molecule has 2 atom stereocenters. The molecule has 18 heavy (non-hydrogen) atoms. The number of nitrogens with zero attached hydrogens (tertiary/aromatic N) is 2. The lowest BCUT2D eigenvalue weighted by atomic mass is 9.88. The van der Waals surface area contributed by atoms with Crippen molar-refractivity contribution in [1.82, 2.24) is 9.21 Å². The Hall–Kier alpha value is -0.130. The van der Waals surface area contributed by atoms with Crippen molar-refractivity contribution in [3.63, 3.8) is 0 Å². The maximum Gasteiger partial charge on any atom is 0.214 e. The van der Waals surface area contributed by atoms with Crippen molar-refractivity contribution in [2.45, 2.75) is 57.7 Å². The van der Waals surface area contributed by atoms with Crippen LogP contribution in [0.2, 0.25) is 0 Å². The highest BCUT2D eigenvalue weighted by Crippen LogP contribution is 2.40. The van der Waals surface area contributed by atoms with Crippen molar-refractivity contribution in [1.29, 1.82) is 0 Å². The van der Waals surface area contributed by atoms with Crippen molar-refractivity contribution in [2.75, 3.05) is 18.8 Å². The molecule has 0 aromatic rings. The van der Waals surface area contributed by atoms with E-state index < -0.39 is 10.0 Å². The van der Waals surface area contributed by atoms with Gasteiger partial charge in [0.1, 0.15) is 0 Å². The van der Waals surface area contributed by atoms with Crippen LogP contribution in [0.3, 0.4) is 0 Å². The molecule has 0 amide bonds. The third kappa shape index (κ3) is 2.21. The molecule has 0 spiro atoms. The maximum atomic E-state index is 12.3. The zero-order chi connectivity index (χ0) is 13.1. The second kappa shape index (κ2) is 3.93. The second-order valence-corrected chi connectivity index (χ2v) is 9.09. The third-order valence-corrected chi connectivity index (χ3v) is 6.67. The molecule has 0 aromatic carbocycles. The highest BCUT2D eigenvalue weighted by molar-refractivity contribution is 7.89. The Kier molecular flexibility index (Phi) is 2.81. The zero-order valence-corrected chi connectivity index (χ0v) is 12.4. The van der Waals surface area contributed by atoms with Crippen LogP contribution in [0.5, 0.6) is 0 Å². The van der Waals surface area contributed by atoms with Crippen LogP contribution in [0.25, 0.3) is 0 Å². The molecule has 4 aliphatic rings. The van der Waals surface area contributed by atoms with E-state index in [-0.39, 0.29) is 17.6 Å². The van der Waals surface area contributed by atoms with Gasteiger partial charge in [-0.3, -0.25) is 4.90 Å². The summed E-state index contributed by atoms with van der Waals surface area (Å²) in [4.78, 5) is 2.43. The standard InChI is InChI=1S/C13H24N2O2S/c1-13(2,3)14-7-11-6-12(8-14)15(11)18(16,17)9-10-4-5-10/h10-12H,4-9H2,1-3H3. The molecular weight excluding hydrogens is 248 g/mol. The molecule has 104 valence electrons. The largest absolute Gasteiger partial charge is 0.295 e. The van der Waals surface area contributed by atoms with Gasteiger partial charge in [-0.1, -0.05) is 0 Å². The van der Waals surface area contributed by atoms with E-state index in [4.69, 9.17) is 0 Å². The molecule has 2 unspecified atom stereocenters. The molecule has 0 aromatic heterocycles. The Balaban J connectivity index is 1.68. The Morgan fingerprint density at radius 1 is 1.11 bits per heavy atom. The van der Waals surface area contributed by atoms with Gasteiger partial charge >= 0.3 is 0 Å². The monoisotopic (exact) mass is 272 g/mol. The average Bonchev–Trinajstić information content (AvgIpc) is 2.98. The highest BCUT2D eigenvalue weighted by atomic mass is 32.2. The van der Waals surface area contributed by atoms with Gasteiger partial charge in [-0.2, -0.15) is 4.31 Å². The van der Waals surface area contributed by atoms with E-state index in [1.807, 2.05) is 4.31 Å². The summed E-state index contributed by atoms with van der Waals surface area (Å²) >= 11 is 0. The van der Waals surface area contributed by atoms with Crippen LogP contribution >= 0.6 is 0 Å². The van der Waals surface area contributed by atoms with Gasteiger partial charge in [-0.25, -0.2) is 8.42 Å². The minimum Gasteiger partial charge on any atom is -0.295 e. The Labute approximate surface area is 110 Å². The van der Waals surface area contributed by atoms with Gasteiger partial charge in [-0.05, 0) is 46.0 Å². The summed E-state index contributed by atoms with van der Waals surface area (Å²) in [7, 11) is -2.98. The number of fused-ring (bicyclic) bond motifs is 2. The fraction of sp³-hybridized carbons (Fsp3) is 1.00. The summed E-state index contributed by atoms with van der Waals surface area (Å²) in [6.07, 6.45) is 3.28. The van der Waals surface area contributed by atoms with E-state index >= 15 is 0 Å². The van der Waals surface area contributed by atoms with E-state index in [1.54, 1.807) is 0 Å². The van der Waals surface area contributed by atoms with Crippen molar-refractivity contribution >= 4 is 10.0 Å². The number of sulfonamides is 1. The van der Waals surface area contributed by atoms with E-state index in [0.29, 0.717) is 11.7 Å². The smallest absolute Gasteiger partial charge is 0.214 e. The molecule has 3 heterocycles. The minimum absolute atomic E-state index is 0.156. The molecule has 1 aliphatic carbocycles. The molecule has 4 nitrogen and oxygen atoms in total. The van der Waals surface area contributed by atoms with Gasteiger partial charge < -0.3 is 0 Å². The zero-order valence-electron chi connectivity index (χ0n) is 11.6. The van der Waals surface area contributed by atoms with Crippen molar-refractivity contribution in [2.24, 2.45) is 5.92 Å². The number of rotatable bonds is 3. The lowest BCUT2D eigenvalue weighted by molar-refractivity contribution is -0.0449. The van der Waals surface area contributed by atoms with Crippen LogP contribution in [0.15, 0.2) is 0 Å². The van der Waals surface area contributed by atoms with E-state index in [2.05, 4.69) is 25.7 Å². The van der Waals surface area contributed by atoms with E-state index in [1.165, 1.54) is 0 Å². The van der Waals surface area contributed by atoms with Gasteiger partial charge in [0.2, 0.25) is 10.0 Å². The maximum absolute atomic E-state index is 12.3. The molecule has 0 radical (unpaired) electrons. The van der Waals surface area contributed by atoms with Crippen molar-refractivity contribution < 1.29 is 8.42 Å². The van der Waals surface area contributed by atoms with E-state index in [0.717, 1.165) is 32.4 Å². The summed E-state index contributed by atoms with van der Waals surface area (Å²) in [5.74, 6) is 0.852. The first-order valence-electron chi connectivity index (χ1n) is 7.03. The molecule has 0 N–H and O–H groups in total. The van der Waals surface area contributed by atoms with Gasteiger partial charge in [-0.15, -0.1) is 0 Å². The first kappa shape index (κ1) is 12.9. The summed E-state index contributed by atoms with van der Waals surface area (Å²) in [6.45, 7) is 8.44. The molecule has 3 aliphatic heterocycles. The Morgan fingerprint density at radius 2 is 1.67 bits per heavy atom. The fourth-order valence-corrected chi connectivity index (χ4v) is 5.56. The number of hydrogen-bond acceptors (Lipinski definition) is 3. The predicted octanol–water partition coefficient (Wildman–Crippen LogP) is 1.28. The van der Waals surface area contributed by atoms with Crippen LogP contribution in [0.1, 0.15) is 40.0 Å². The summed E-state index contributed by atoms with van der Waals surface area (Å²) in [6, 6.07) is 0.485. The molecule has 4 fully saturated rings. The SMILES string of the molecule is CC(C)(C)N1CC2CC(C1)N2S(=O)(=O)CC1CC1. The highest BCUT2D eigenvalue weighted by Gasteiger charge is 2.52. The van der Waals surface area contributed by atoms with Crippen molar-refractivity contribution in [3.05, 3.63) is 0 Å². The predicted molar refractivity (Wildman–Crippen MR) is 71.9 cm³/mol. The van der Waals surface area contributed by atoms with Crippen LogP contribution < -0.4 is 0 Å². The Morgan fingerprint density at radius 3 is 2.11 bits per heavy atom. The first-order valence-corrected chi connectivity index (χ1v) is 8.64. The third-order valence-electron chi connectivity index (χ3n) is 4.54. The fourth-order valence-electron chi connectivity index (χ4n) is 3.25. The Bertz CT molecular complexity index is 424. The van der Waals surface area contributed by atoms with Crippen molar-refractivity contribution in [3.8, 4) is 0 Å². The van der Waals surface area contributed by atoms with Crippen LogP contribution in [0, 0.1) is 5.92 Å². The molecule has 4 rings (SSSR count). The van der Waals surface area contributed by atoms with Gasteiger partial charge in [0.05, 0.1) is 5.75 Å². The summed E-state index contributed by atoms with van der Waals surface area (Å²) < 4.78 is 26.5. The first-order chi connectivity index (χ1) is 8.27. The lowest BCUT2D eigenvalue weighted by Crippen LogP contribution is -2.72. The topological polar surface area (TPSA) is 40.6 Å². The van der Waals surface area contributed by atoms with E-state index in [9.17, 15) is 8.42 Å². The molecule has 3 saturated heterocycles. The van der Waals surface area contributed by atoms with Crippen LogP contribution in [-0.2, 0) is 10.0 Å². The summed E-state index contributed by atoms with van der Waals surface area (Å²) in [5, 5.41) is 0. The van der Waals surface area contributed by atoms with Gasteiger partial charge in [0.15, 0.2) is 0 Å². The molecule has 1 saturated carbocycles.